The SMILES string of the molecule is O=S(=O)(c1ccc(CC2CO2)cc1S)c1ccc(CC2CO2)cc1S. The summed E-state index contributed by atoms with van der Waals surface area (Å²) in [5.41, 5.74) is 2.05. The van der Waals surface area contributed by atoms with Gasteiger partial charge in [-0.15, -0.1) is 25.3 Å². The Labute approximate surface area is 158 Å². The van der Waals surface area contributed by atoms with Gasteiger partial charge in [0.15, 0.2) is 0 Å². The van der Waals surface area contributed by atoms with Gasteiger partial charge < -0.3 is 9.47 Å². The maximum absolute atomic E-state index is 13.0. The van der Waals surface area contributed by atoms with Crippen molar-refractivity contribution in [1.29, 1.82) is 0 Å². The number of hydrogen-bond donors (Lipinski definition) is 2. The fourth-order valence-corrected chi connectivity index (χ4v) is 5.45. The summed E-state index contributed by atoms with van der Waals surface area (Å²) in [5.74, 6) is 0. The van der Waals surface area contributed by atoms with Crippen LogP contribution in [0.4, 0.5) is 0 Å². The molecule has 2 fully saturated rings. The molecule has 2 aliphatic rings. The summed E-state index contributed by atoms with van der Waals surface area (Å²) in [6, 6.07) is 10.5. The predicted molar refractivity (Wildman–Crippen MR) is 99.7 cm³/mol. The molecule has 0 saturated carbocycles. The first-order chi connectivity index (χ1) is 11.9. The molecule has 7 heteroatoms. The minimum Gasteiger partial charge on any atom is -0.373 e. The van der Waals surface area contributed by atoms with Gasteiger partial charge in [0.25, 0.3) is 0 Å². The zero-order valence-electron chi connectivity index (χ0n) is 13.4. The van der Waals surface area contributed by atoms with E-state index in [0.717, 1.165) is 37.2 Å². The Hall–Kier alpha value is -0.990. The van der Waals surface area contributed by atoms with Crippen LogP contribution in [0.2, 0.25) is 0 Å². The lowest BCUT2D eigenvalue weighted by Crippen LogP contribution is -2.06. The third-order valence-corrected chi connectivity index (χ3v) is 7.27. The Morgan fingerprint density at radius 2 is 1.24 bits per heavy atom. The first-order valence-corrected chi connectivity index (χ1v) is 10.4. The van der Waals surface area contributed by atoms with Crippen LogP contribution < -0.4 is 0 Å². The minimum absolute atomic E-state index is 0.199. The van der Waals surface area contributed by atoms with Crippen molar-refractivity contribution in [3.63, 3.8) is 0 Å². The van der Waals surface area contributed by atoms with Crippen LogP contribution in [0.25, 0.3) is 0 Å². The van der Waals surface area contributed by atoms with Crippen molar-refractivity contribution in [2.45, 2.75) is 44.6 Å². The van der Waals surface area contributed by atoms with Crippen LogP contribution in [0, 0.1) is 0 Å². The van der Waals surface area contributed by atoms with E-state index in [9.17, 15) is 8.42 Å². The molecule has 0 N–H and O–H groups in total. The van der Waals surface area contributed by atoms with Crippen LogP contribution in [-0.2, 0) is 32.2 Å². The second-order valence-electron chi connectivity index (χ2n) is 6.43. The van der Waals surface area contributed by atoms with E-state index < -0.39 is 9.84 Å². The maximum Gasteiger partial charge on any atom is 0.208 e. The number of sulfone groups is 1. The van der Waals surface area contributed by atoms with Crippen molar-refractivity contribution in [3.05, 3.63) is 47.5 Å². The Morgan fingerprint density at radius 1 is 0.840 bits per heavy atom. The smallest absolute Gasteiger partial charge is 0.208 e. The molecule has 25 heavy (non-hydrogen) atoms. The van der Waals surface area contributed by atoms with Crippen LogP contribution in [0.5, 0.6) is 0 Å². The van der Waals surface area contributed by atoms with Crippen LogP contribution in [0.1, 0.15) is 11.1 Å². The molecule has 0 aromatic heterocycles. The van der Waals surface area contributed by atoms with Gasteiger partial charge >= 0.3 is 0 Å². The average Bonchev–Trinajstić information content (AvgIpc) is 3.44. The highest BCUT2D eigenvalue weighted by Crippen LogP contribution is 2.32. The molecule has 132 valence electrons. The molecule has 2 heterocycles. The molecule has 2 aliphatic heterocycles. The summed E-state index contributed by atoms with van der Waals surface area (Å²) in [5, 5.41) is 0. The van der Waals surface area contributed by atoms with E-state index in [1.807, 2.05) is 12.1 Å². The highest BCUT2D eigenvalue weighted by molar-refractivity contribution is 7.93. The van der Waals surface area contributed by atoms with E-state index in [4.69, 9.17) is 9.47 Å². The molecule has 0 spiro atoms. The van der Waals surface area contributed by atoms with Gasteiger partial charge in [0.1, 0.15) is 0 Å². The molecule has 2 saturated heterocycles. The molecule has 4 nitrogen and oxygen atoms in total. The van der Waals surface area contributed by atoms with Crippen molar-refractivity contribution in [3.8, 4) is 0 Å². The summed E-state index contributed by atoms with van der Waals surface area (Å²) in [4.78, 5) is 1.29. The third-order valence-electron chi connectivity index (χ3n) is 4.36. The Bertz CT molecular complexity index is 846. The average molecular weight is 395 g/mol. The number of ether oxygens (including phenoxy) is 2. The lowest BCUT2D eigenvalue weighted by Gasteiger charge is -2.12. The number of hydrogen-bond acceptors (Lipinski definition) is 6. The summed E-state index contributed by atoms with van der Waals surface area (Å²) >= 11 is 8.80. The van der Waals surface area contributed by atoms with Crippen molar-refractivity contribution in [2.75, 3.05) is 13.2 Å². The summed E-state index contributed by atoms with van der Waals surface area (Å²) < 4.78 is 36.5. The zero-order valence-corrected chi connectivity index (χ0v) is 16.0. The molecule has 0 radical (unpaired) electrons. The monoisotopic (exact) mass is 394 g/mol. The normalized spacial score (nSPS) is 22.0. The third kappa shape index (κ3) is 3.90. The Kier molecular flexibility index (Phi) is 4.62. The largest absolute Gasteiger partial charge is 0.373 e. The van der Waals surface area contributed by atoms with Crippen molar-refractivity contribution in [1.82, 2.24) is 0 Å². The number of benzene rings is 2. The van der Waals surface area contributed by atoms with Crippen LogP contribution in [-0.4, -0.2) is 33.8 Å². The van der Waals surface area contributed by atoms with Gasteiger partial charge in [-0.2, -0.15) is 0 Å². The van der Waals surface area contributed by atoms with Crippen molar-refractivity contribution >= 4 is 35.1 Å². The van der Waals surface area contributed by atoms with Crippen molar-refractivity contribution in [2.24, 2.45) is 0 Å². The summed E-state index contributed by atoms with van der Waals surface area (Å²) in [6.07, 6.45) is 2.07. The van der Waals surface area contributed by atoms with Gasteiger partial charge in [-0.1, -0.05) is 12.1 Å². The van der Waals surface area contributed by atoms with Gasteiger partial charge in [-0.25, -0.2) is 8.42 Å². The fraction of sp³-hybridized carbons (Fsp3) is 0.333. The standard InChI is InChI=1S/C18H18O4S3/c19-25(20,17-3-1-11(7-15(17)23)5-13-9-21-13)18-4-2-12(8-16(18)24)6-14-10-22-14/h1-4,7-8,13-14,23-24H,5-6,9-10H2. The first kappa shape index (κ1) is 17.4. The predicted octanol–water partition coefficient (Wildman–Crippen LogP) is 2.98. The molecule has 0 aliphatic carbocycles. The van der Waals surface area contributed by atoms with Gasteiger partial charge in [0.05, 0.1) is 35.2 Å². The lowest BCUT2D eigenvalue weighted by atomic mass is 10.1. The van der Waals surface area contributed by atoms with E-state index in [1.165, 1.54) is 0 Å². The Balaban J connectivity index is 1.63. The highest BCUT2D eigenvalue weighted by Gasteiger charge is 2.27. The number of thiol groups is 2. The quantitative estimate of drug-likeness (QED) is 0.584. The van der Waals surface area contributed by atoms with Gasteiger partial charge in [0, 0.05) is 22.6 Å². The molecule has 0 amide bonds. The van der Waals surface area contributed by atoms with E-state index in [1.54, 1.807) is 24.3 Å². The van der Waals surface area contributed by atoms with Crippen LogP contribution in [0.3, 0.4) is 0 Å². The van der Waals surface area contributed by atoms with Gasteiger partial charge in [0.2, 0.25) is 9.84 Å². The molecule has 0 bridgehead atoms. The van der Waals surface area contributed by atoms with E-state index in [2.05, 4.69) is 25.3 Å². The fourth-order valence-electron chi connectivity index (χ4n) is 2.85. The molecular weight excluding hydrogens is 376 g/mol. The minimum atomic E-state index is -3.67. The van der Waals surface area contributed by atoms with Gasteiger partial charge in [-0.3, -0.25) is 0 Å². The zero-order chi connectivity index (χ0) is 17.6. The maximum atomic E-state index is 13.0. The van der Waals surface area contributed by atoms with Crippen LogP contribution in [0.15, 0.2) is 56.0 Å². The second kappa shape index (κ2) is 6.63. The summed E-state index contributed by atoms with van der Waals surface area (Å²) in [7, 11) is -3.67. The Morgan fingerprint density at radius 3 is 1.56 bits per heavy atom. The number of rotatable bonds is 6. The molecule has 4 rings (SSSR count). The van der Waals surface area contributed by atoms with Crippen molar-refractivity contribution < 1.29 is 17.9 Å². The highest BCUT2D eigenvalue weighted by atomic mass is 32.2. The van der Waals surface area contributed by atoms with E-state index >= 15 is 0 Å². The topological polar surface area (TPSA) is 59.2 Å². The molecule has 2 aromatic rings. The molecule has 2 unspecified atom stereocenters. The van der Waals surface area contributed by atoms with Crippen LogP contribution >= 0.6 is 25.3 Å². The van der Waals surface area contributed by atoms with E-state index in [-0.39, 0.29) is 22.0 Å². The number of epoxide rings is 2. The lowest BCUT2D eigenvalue weighted by molar-refractivity contribution is 0.407. The summed E-state index contributed by atoms with van der Waals surface area (Å²) in [6.45, 7) is 1.53. The molecular formula is C18H18O4S3. The molecule has 2 atom stereocenters. The first-order valence-electron chi connectivity index (χ1n) is 8.05. The molecule has 2 aromatic carbocycles. The van der Waals surface area contributed by atoms with Gasteiger partial charge in [-0.05, 0) is 35.4 Å². The van der Waals surface area contributed by atoms with E-state index in [0.29, 0.717) is 9.79 Å². The second-order valence-corrected chi connectivity index (χ2v) is 9.28.